The zero-order chi connectivity index (χ0) is 13.1. The number of aliphatic hydroxyl groups excluding tert-OH is 1. The standard InChI is InChI=1S/C12H19N5O/c1-4-9(18)5-17-7-15-10-11(16-8(2)3)13-6-14-12(10)17/h6-9,18H,4-5H2,1-3H3,(H,13,14,16)/t9-/m1/s1. The van der Waals surface area contributed by atoms with Crippen LogP contribution in [0.5, 0.6) is 0 Å². The smallest absolute Gasteiger partial charge is 0.165 e. The maximum atomic E-state index is 9.70. The highest BCUT2D eigenvalue weighted by molar-refractivity contribution is 5.82. The molecule has 0 spiro atoms. The van der Waals surface area contributed by atoms with E-state index in [-0.39, 0.29) is 12.1 Å². The summed E-state index contributed by atoms with van der Waals surface area (Å²) in [5, 5.41) is 12.9. The lowest BCUT2D eigenvalue weighted by Gasteiger charge is -2.10. The van der Waals surface area contributed by atoms with E-state index in [2.05, 4.69) is 20.3 Å². The van der Waals surface area contributed by atoms with Crippen LogP contribution >= 0.6 is 0 Å². The fraction of sp³-hybridized carbons (Fsp3) is 0.583. The molecule has 6 heteroatoms. The summed E-state index contributed by atoms with van der Waals surface area (Å²) in [6.45, 7) is 6.55. The maximum absolute atomic E-state index is 9.70. The summed E-state index contributed by atoms with van der Waals surface area (Å²) in [5.74, 6) is 0.736. The van der Waals surface area contributed by atoms with Crippen molar-refractivity contribution >= 4 is 17.0 Å². The van der Waals surface area contributed by atoms with Gasteiger partial charge < -0.3 is 15.0 Å². The summed E-state index contributed by atoms with van der Waals surface area (Å²) >= 11 is 0. The van der Waals surface area contributed by atoms with Crippen LogP contribution in [-0.4, -0.2) is 36.8 Å². The molecule has 0 aliphatic carbocycles. The monoisotopic (exact) mass is 249 g/mol. The van der Waals surface area contributed by atoms with E-state index in [1.54, 1.807) is 6.33 Å². The van der Waals surface area contributed by atoms with E-state index >= 15 is 0 Å². The van der Waals surface area contributed by atoms with Crippen molar-refractivity contribution in [2.75, 3.05) is 5.32 Å². The quantitative estimate of drug-likeness (QED) is 0.838. The van der Waals surface area contributed by atoms with Crippen molar-refractivity contribution < 1.29 is 5.11 Å². The van der Waals surface area contributed by atoms with Crippen molar-refractivity contribution in [1.29, 1.82) is 0 Å². The SMILES string of the molecule is CC[C@@H](O)Cn1cnc2c(NC(C)C)ncnc21. The Morgan fingerprint density at radius 3 is 2.78 bits per heavy atom. The molecule has 2 heterocycles. The Hall–Kier alpha value is -1.69. The molecule has 98 valence electrons. The van der Waals surface area contributed by atoms with Gasteiger partial charge in [0.1, 0.15) is 11.8 Å². The lowest BCUT2D eigenvalue weighted by molar-refractivity contribution is 0.151. The summed E-state index contributed by atoms with van der Waals surface area (Å²) in [6, 6.07) is 0.287. The average molecular weight is 249 g/mol. The molecule has 0 aromatic carbocycles. The molecule has 2 aromatic heterocycles. The normalized spacial score (nSPS) is 13.2. The van der Waals surface area contributed by atoms with Crippen LogP contribution in [0.25, 0.3) is 11.2 Å². The van der Waals surface area contributed by atoms with Crippen LogP contribution in [0.2, 0.25) is 0 Å². The first-order valence-corrected chi connectivity index (χ1v) is 6.22. The van der Waals surface area contributed by atoms with Gasteiger partial charge in [0.15, 0.2) is 11.5 Å². The fourth-order valence-corrected chi connectivity index (χ4v) is 1.75. The zero-order valence-corrected chi connectivity index (χ0v) is 11.0. The Morgan fingerprint density at radius 1 is 1.33 bits per heavy atom. The first-order chi connectivity index (χ1) is 8.61. The Bertz CT molecular complexity index is 522. The van der Waals surface area contributed by atoms with Crippen LogP contribution in [0.3, 0.4) is 0 Å². The van der Waals surface area contributed by atoms with Crippen molar-refractivity contribution in [3.05, 3.63) is 12.7 Å². The molecule has 0 amide bonds. The Kier molecular flexibility index (Phi) is 3.76. The number of hydrogen-bond donors (Lipinski definition) is 2. The van der Waals surface area contributed by atoms with Crippen LogP contribution in [-0.2, 0) is 6.54 Å². The van der Waals surface area contributed by atoms with Gasteiger partial charge >= 0.3 is 0 Å². The molecule has 0 radical (unpaired) electrons. The molecule has 6 nitrogen and oxygen atoms in total. The molecule has 0 saturated carbocycles. The average Bonchev–Trinajstić information content (AvgIpc) is 2.73. The van der Waals surface area contributed by atoms with E-state index in [0.717, 1.165) is 17.0 Å². The highest BCUT2D eigenvalue weighted by atomic mass is 16.3. The van der Waals surface area contributed by atoms with Crippen molar-refractivity contribution in [3.63, 3.8) is 0 Å². The molecular weight excluding hydrogens is 230 g/mol. The van der Waals surface area contributed by atoms with E-state index in [4.69, 9.17) is 0 Å². The first kappa shape index (κ1) is 12.8. The first-order valence-electron chi connectivity index (χ1n) is 6.22. The van der Waals surface area contributed by atoms with Gasteiger partial charge in [0.25, 0.3) is 0 Å². The minimum atomic E-state index is -0.376. The molecule has 0 fully saturated rings. The van der Waals surface area contributed by atoms with Crippen LogP contribution in [0.15, 0.2) is 12.7 Å². The van der Waals surface area contributed by atoms with Crippen molar-refractivity contribution in [3.8, 4) is 0 Å². The molecule has 0 unspecified atom stereocenters. The molecule has 1 atom stereocenters. The molecule has 0 aliphatic heterocycles. The lowest BCUT2D eigenvalue weighted by atomic mass is 10.3. The van der Waals surface area contributed by atoms with Gasteiger partial charge in [-0.3, -0.25) is 0 Å². The number of hydrogen-bond acceptors (Lipinski definition) is 5. The van der Waals surface area contributed by atoms with E-state index in [0.29, 0.717) is 13.0 Å². The van der Waals surface area contributed by atoms with E-state index < -0.39 is 0 Å². The highest BCUT2D eigenvalue weighted by Crippen LogP contribution is 2.18. The number of rotatable bonds is 5. The fourth-order valence-electron chi connectivity index (χ4n) is 1.75. The Balaban J connectivity index is 2.35. The maximum Gasteiger partial charge on any atom is 0.165 e. The van der Waals surface area contributed by atoms with E-state index in [1.807, 2.05) is 25.3 Å². The molecule has 0 aliphatic rings. The number of imidazole rings is 1. The minimum Gasteiger partial charge on any atom is -0.391 e. The summed E-state index contributed by atoms with van der Waals surface area (Å²) in [6.07, 6.45) is 3.55. The number of aromatic nitrogens is 4. The van der Waals surface area contributed by atoms with Crippen molar-refractivity contribution in [2.45, 2.75) is 45.9 Å². The number of fused-ring (bicyclic) bond motifs is 1. The van der Waals surface area contributed by atoms with Gasteiger partial charge in [0, 0.05) is 6.04 Å². The van der Waals surface area contributed by atoms with Crippen LogP contribution in [0, 0.1) is 0 Å². The molecular formula is C12H19N5O. The third-order valence-electron chi connectivity index (χ3n) is 2.71. The second-order valence-corrected chi connectivity index (χ2v) is 4.65. The summed E-state index contributed by atoms with van der Waals surface area (Å²) in [4.78, 5) is 12.8. The number of nitrogens with zero attached hydrogens (tertiary/aromatic N) is 4. The van der Waals surface area contributed by atoms with E-state index in [9.17, 15) is 5.11 Å². The van der Waals surface area contributed by atoms with Gasteiger partial charge in [-0.15, -0.1) is 0 Å². The predicted molar refractivity (Wildman–Crippen MR) is 70.4 cm³/mol. The van der Waals surface area contributed by atoms with Gasteiger partial charge in [-0.2, -0.15) is 0 Å². The Labute approximate surface area is 106 Å². The number of nitrogens with one attached hydrogen (secondary N) is 1. The third-order valence-corrected chi connectivity index (χ3v) is 2.71. The zero-order valence-electron chi connectivity index (χ0n) is 11.0. The van der Waals surface area contributed by atoms with Crippen LogP contribution in [0.1, 0.15) is 27.2 Å². The topological polar surface area (TPSA) is 75.9 Å². The molecule has 18 heavy (non-hydrogen) atoms. The molecule has 0 saturated heterocycles. The summed E-state index contributed by atoms with van der Waals surface area (Å²) in [7, 11) is 0. The molecule has 0 bridgehead atoms. The lowest BCUT2D eigenvalue weighted by Crippen LogP contribution is -2.15. The molecule has 2 rings (SSSR count). The summed E-state index contributed by atoms with van der Waals surface area (Å²) in [5.41, 5.74) is 1.50. The van der Waals surface area contributed by atoms with Crippen molar-refractivity contribution in [1.82, 2.24) is 19.5 Å². The third kappa shape index (κ3) is 2.59. The minimum absolute atomic E-state index is 0.287. The number of anilines is 1. The van der Waals surface area contributed by atoms with Crippen LogP contribution in [0.4, 0.5) is 5.82 Å². The van der Waals surface area contributed by atoms with Crippen molar-refractivity contribution in [2.24, 2.45) is 0 Å². The van der Waals surface area contributed by atoms with Crippen LogP contribution < -0.4 is 5.32 Å². The predicted octanol–water partition coefficient (Wildman–Crippen LogP) is 1.42. The Morgan fingerprint density at radius 2 is 2.11 bits per heavy atom. The summed E-state index contributed by atoms with van der Waals surface area (Å²) < 4.78 is 1.86. The highest BCUT2D eigenvalue weighted by Gasteiger charge is 2.12. The number of aliphatic hydroxyl groups is 1. The van der Waals surface area contributed by atoms with E-state index in [1.165, 1.54) is 6.33 Å². The van der Waals surface area contributed by atoms with Gasteiger partial charge in [-0.25, -0.2) is 15.0 Å². The second kappa shape index (κ2) is 5.30. The van der Waals surface area contributed by atoms with Gasteiger partial charge in [-0.05, 0) is 20.3 Å². The second-order valence-electron chi connectivity index (χ2n) is 4.65. The molecule has 2 N–H and O–H groups in total. The van der Waals surface area contributed by atoms with Gasteiger partial charge in [0.2, 0.25) is 0 Å². The van der Waals surface area contributed by atoms with Gasteiger partial charge in [-0.1, -0.05) is 6.92 Å². The molecule has 2 aromatic rings. The largest absolute Gasteiger partial charge is 0.391 e. The van der Waals surface area contributed by atoms with Gasteiger partial charge in [0.05, 0.1) is 19.0 Å².